The van der Waals surface area contributed by atoms with Gasteiger partial charge in [-0.1, -0.05) is 6.92 Å². The summed E-state index contributed by atoms with van der Waals surface area (Å²) in [6.45, 7) is 6.04. The molecule has 0 aromatic heterocycles. The van der Waals surface area contributed by atoms with Crippen molar-refractivity contribution in [3.8, 4) is 0 Å². The summed E-state index contributed by atoms with van der Waals surface area (Å²) in [6.07, 6.45) is 1.33. The molecule has 1 aliphatic rings. The normalized spacial score (nSPS) is 25.0. The maximum atomic E-state index is 3.34. The minimum absolute atomic E-state index is 0.747. The largest absolute Gasteiger partial charge is 0.316 e. The van der Waals surface area contributed by atoms with Crippen molar-refractivity contribution in [3.63, 3.8) is 0 Å². The molecular formula is C9H20N2S. The van der Waals surface area contributed by atoms with E-state index >= 15 is 0 Å². The lowest BCUT2D eigenvalue weighted by molar-refractivity contribution is 0.351. The molecule has 1 heterocycles. The third-order valence-corrected chi connectivity index (χ3v) is 3.32. The summed E-state index contributed by atoms with van der Waals surface area (Å²) in [5, 5.41) is 3.34. The van der Waals surface area contributed by atoms with Gasteiger partial charge in [0.25, 0.3) is 0 Å². The first-order valence-corrected chi connectivity index (χ1v) is 5.99. The Morgan fingerprint density at radius 1 is 1.58 bits per heavy atom. The van der Waals surface area contributed by atoms with E-state index in [1.165, 1.54) is 37.6 Å². The van der Waals surface area contributed by atoms with Crippen molar-refractivity contribution in [2.45, 2.75) is 19.4 Å². The fourth-order valence-electron chi connectivity index (χ4n) is 1.61. The van der Waals surface area contributed by atoms with Crippen LogP contribution in [0.4, 0.5) is 0 Å². The summed E-state index contributed by atoms with van der Waals surface area (Å²) in [5.41, 5.74) is 0. The Hall–Kier alpha value is 0.270. The molecule has 0 aliphatic carbocycles. The Labute approximate surface area is 80.1 Å². The van der Waals surface area contributed by atoms with Gasteiger partial charge in [0.05, 0.1) is 0 Å². The van der Waals surface area contributed by atoms with E-state index in [2.05, 4.69) is 24.2 Å². The zero-order chi connectivity index (χ0) is 8.81. The lowest BCUT2D eigenvalue weighted by atomic mass is 10.3. The van der Waals surface area contributed by atoms with Crippen LogP contribution in [0.15, 0.2) is 0 Å². The maximum Gasteiger partial charge on any atom is 0.0204 e. The first kappa shape index (κ1) is 10.4. The average Bonchev–Trinajstić information content (AvgIpc) is 2.53. The van der Waals surface area contributed by atoms with Crippen molar-refractivity contribution >= 4 is 11.8 Å². The molecule has 0 saturated carbocycles. The Kier molecular flexibility index (Phi) is 5.04. The fourth-order valence-corrected chi connectivity index (χ4v) is 2.29. The van der Waals surface area contributed by atoms with Crippen LogP contribution in [0.1, 0.15) is 13.3 Å². The van der Waals surface area contributed by atoms with E-state index in [0.717, 1.165) is 6.04 Å². The topological polar surface area (TPSA) is 15.3 Å². The number of hydrogen-bond donors (Lipinski definition) is 1. The maximum absolute atomic E-state index is 3.34. The molecule has 12 heavy (non-hydrogen) atoms. The zero-order valence-corrected chi connectivity index (χ0v) is 8.99. The summed E-state index contributed by atoms with van der Waals surface area (Å²) in [4.78, 5) is 2.56. The van der Waals surface area contributed by atoms with Gasteiger partial charge in [0.15, 0.2) is 0 Å². The van der Waals surface area contributed by atoms with Crippen molar-refractivity contribution in [2.75, 3.05) is 38.2 Å². The van der Waals surface area contributed by atoms with Gasteiger partial charge in [0.1, 0.15) is 0 Å². The summed E-state index contributed by atoms with van der Waals surface area (Å²) >= 11 is 2.04. The number of likely N-dealkylation sites (N-methyl/N-ethyl adjacent to an activating group) is 1. The predicted octanol–water partition coefficient (Wildman–Crippen LogP) is 1.03. The minimum Gasteiger partial charge on any atom is -0.316 e. The molecule has 0 aromatic carbocycles. The van der Waals surface area contributed by atoms with Crippen molar-refractivity contribution in [2.24, 2.45) is 0 Å². The van der Waals surface area contributed by atoms with Crippen LogP contribution in [-0.4, -0.2) is 49.1 Å². The second kappa shape index (κ2) is 5.84. The Morgan fingerprint density at radius 3 is 3.00 bits per heavy atom. The van der Waals surface area contributed by atoms with Crippen LogP contribution in [0.5, 0.6) is 0 Å². The first-order chi connectivity index (χ1) is 5.86. The molecular weight excluding hydrogens is 168 g/mol. The summed E-state index contributed by atoms with van der Waals surface area (Å²) in [7, 11) is 2.06. The molecule has 1 aliphatic heterocycles. The van der Waals surface area contributed by atoms with Gasteiger partial charge in [0, 0.05) is 24.9 Å². The van der Waals surface area contributed by atoms with Crippen LogP contribution >= 0.6 is 11.8 Å². The van der Waals surface area contributed by atoms with E-state index in [4.69, 9.17) is 0 Å². The molecule has 3 heteroatoms. The smallest absolute Gasteiger partial charge is 0.0204 e. The third-order valence-electron chi connectivity index (χ3n) is 2.44. The van der Waals surface area contributed by atoms with Gasteiger partial charge in [-0.3, -0.25) is 0 Å². The van der Waals surface area contributed by atoms with Crippen molar-refractivity contribution in [3.05, 3.63) is 0 Å². The predicted molar refractivity (Wildman–Crippen MR) is 56.9 cm³/mol. The van der Waals surface area contributed by atoms with E-state index in [0.29, 0.717) is 0 Å². The average molecular weight is 188 g/mol. The lowest BCUT2D eigenvalue weighted by Gasteiger charge is -2.14. The van der Waals surface area contributed by atoms with Gasteiger partial charge >= 0.3 is 0 Å². The standard InChI is InChI=1S/C9H20N2S/c1-3-12-7-6-11-5-4-9(8-11)10-2/h9-10H,3-8H2,1-2H3. The Bertz CT molecular complexity index is 119. The third kappa shape index (κ3) is 3.33. The highest BCUT2D eigenvalue weighted by Crippen LogP contribution is 2.09. The number of rotatable bonds is 5. The molecule has 1 saturated heterocycles. The van der Waals surface area contributed by atoms with Gasteiger partial charge < -0.3 is 10.2 Å². The van der Waals surface area contributed by atoms with Crippen LogP contribution in [0.25, 0.3) is 0 Å². The number of hydrogen-bond acceptors (Lipinski definition) is 3. The van der Waals surface area contributed by atoms with Crippen molar-refractivity contribution < 1.29 is 0 Å². The molecule has 1 N–H and O–H groups in total. The molecule has 0 amide bonds. The summed E-state index contributed by atoms with van der Waals surface area (Å²) in [5.74, 6) is 2.55. The minimum atomic E-state index is 0.747. The molecule has 2 nitrogen and oxygen atoms in total. The zero-order valence-electron chi connectivity index (χ0n) is 8.18. The van der Waals surface area contributed by atoms with Crippen LogP contribution in [0, 0.1) is 0 Å². The molecule has 1 atom stereocenters. The van der Waals surface area contributed by atoms with Gasteiger partial charge in [0.2, 0.25) is 0 Å². The molecule has 1 fully saturated rings. The first-order valence-electron chi connectivity index (χ1n) is 4.84. The summed E-state index contributed by atoms with van der Waals surface area (Å²) < 4.78 is 0. The van der Waals surface area contributed by atoms with E-state index in [9.17, 15) is 0 Å². The second-order valence-corrected chi connectivity index (χ2v) is 4.67. The van der Waals surface area contributed by atoms with E-state index in [1.807, 2.05) is 11.8 Å². The molecule has 0 aromatic rings. The highest BCUT2D eigenvalue weighted by Gasteiger charge is 2.19. The van der Waals surface area contributed by atoms with Crippen molar-refractivity contribution in [1.82, 2.24) is 10.2 Å². The molecule has 1 unspecified atom stereocenters. The fraction of sp³-hybridized carbons (Fsp3) is 1.00. The highest BCUT2D eigenvalue weighted by molar-refractivity contribution is 7.99. The number of likely N-dealkylation sites (tertiary alicyclic amines) is 1. The van der Waals surface area contributed by atoms with Crippen LogP contribution in [-0.2, 0) is 0 Å². The summed E-state index contributed by atoms with van der Waals surface area (Å²) in [6, 6.07) is 0.747. The highest BCUT2D eigenvalue weighted by atomic mass is 32.2. The SMILES string of the molecule is CCSCCN1CCC(NC)C1. The molecule has 72 valence electrons. The van der Waals surface area contributed by atoms with Gasteiger partial charge in [-0.25, -0.2) is 0 Å². The van der Waals surface area contributed by atoms with E-state index < -0.39 is 0 Å². The van der Waals surface area contributed by atoms with E-state index in [1.54, 1.807) is 0 Å². The monoisotopic (exact) mass is 188 g/mol. The molecule has 1 rings (SSSR count). The molecule has 0 bridgehead atoms. The van der Waals surface area contributed by atoms with Crippen LogP contribution < -0.4 is 5.32 Å². The molecule has 0 spiro atoms. The second-order valence-electron chi connectivity index (χ2n) is 3.27. The van der Waals surface area contributed by atoms with E-state index in [-0.39, 0.29) is 0 Å². The lowest BCUT2D eigenvalue weighted by Crippen LogP contribution is -2.30. The van der Waals surface area contributed by atoms with Crippen molar-refractivity contribution in [1.29, 1.82) is 0 Å². The molecule has 0 radical (unpaired) electrons. The quantitative estimate of drug-likeness (QED) is 0.649. The Morgan fingerprint density at radius 2 is 2.42 bits per heavy atom. The van der Waals surface area contributed by atoms with Crippen LogP contribution in [0.2, 0.25) is 0 Å². The number of nitrogens with zero attached hydrogens (tertiary/aromatic N) is 1. The van der Waals surface area contributed by atoms with Gasteiger partial charge in [-0.15, -0.1) is 0 Å². The van der Waals surface area contributed by atoms with Crippen LogP contribution in [0.3, 0.4) is 0 Å². The van der Waals surface area contributed by atoms with Gasteiger partial charge in [-0.2, -0.15) is 11.8 Å². The Balaban J connectivity index is 2.03. The number of nitrogens with one attached hydrogen (secondary N) is 1. The number of thioether (sulfide) groups is 1. The van der Waals surface area contributed by atoms with Gasteiger partial charge in [-0.05, 0) is 25.8 Å².